The van der Waals surface area contributed by atoms with E-state index in [0.29, 0.717) is 0 Å². The summed E-state index contributed by atoms with van der Waals surface area (Å²) in [6.45, 7) is 6.15. The summed E-state index contributed by atoms with van der Waals surface area (Å²) in [5.41, 5.74) is 0. The summed E-state index contributed by atoms with van der Waals surface area (Å²) in [5, 5.41) is 0. The van der Waals surface area contributed by atoms with Gasteiger partial charge in [0.25, 0.3) is 0 Å². The van der Waals surface area contributed by atoms with E-state index in [9.17, 15) is 19.2 Å². The van der Waals surface area contributed by atoms with Crippen LogP contribution in [0.15, 0.2) is 0 Å². The van der Waals surface area contributed by atoms with Gasteiger partial charge in [-0.05, 0) is 0 Å². The molecule has 10 nitrogen and oxygen atoms in total. The molecule has 1 fully saturated rings. The van der Waals surface area contributed by atoms with Gasteiger partial charge in [-0.15, -0.1) is 0 Å². The van der Waals surface area contributed by atoms with Crippen molar-refractivity contribution in [2.24, 2.45) is 0 Å². The first-order valence-electron chi connectivity index (χ1n) is 9.73. The van der Waals surface area contributed by atoms with Crippen molar-refractivity contribution < 1.29 is 47.6 Å². The molecule has 166 valence electrons. The summed E-state index contributed by atoms with van der Waals surface area (Å²) in [6.07, 6.45) is -5.33. The standard InChI is InChI=1S/C19H30O10/c1-6-12(20)25-10-11-16(27-13(21)7-2)17(28-14(22)8-3)18(19(24-5)26-11)29-15(23)9-4/h11,16-19H,6-10H2,1-5H3/t11-,16-,17+,18-,19-/m1/s1. The predicted molar refractivity (Wildman–Crippen MR) is 97.4 cm³/mol. The van der Waals surface area contributed by atoms with Gasteiger partial charge >= 0.3 is 23.9 Å². The summed E-state index contributed by atoms with van der Waals surface area (Å²) in [6, 6.07) is 0. The van der Waals surface area contributed by atoms with Gasteiger partial charge in [0.15, 0.2) is 24.6 Å². The van der Waals surface area contributed by atoms with Crippen LogP contribution in [0, 0.1) is 0 Å². The zero-order valence-electron chi connectivity index (χ0n) is 17.5. The average molecular weight is 418 g/mol. The van der Waals surface area contributed by atoms with Crippen LogP contribution in [0.3, 0.4) is 0 Å². The monoisotopic (exact) mass is 418 g/mol. The summed E-state index contributed by atoms with van der Waals surface area (Å²) in [7, 11) is 1.32. The second-order valence-electron chi connectivity index (χ2n) is 6.24. The molecule has 0 amide bonds. The van der Waals surface area contributed by atoms with Crippen LogP contribution in [0.25, 0.3) is 0 Å². The topological polar surface area (TPSA) is 124 Å². The number of carbonyl (C=O) groups excluding carboxylic acids is 4. The summed E-state index contributed by atoms with van der Waals surface area (Å²) in [5.74, 6) is -2.23. The molecule has 1 rings (SSSR count). The Labute approximate surface area is 170 Å². The fourth-order valence-electron chi connectivity index (χ4n) is 2.59. The highest BCUT2D eigenvalue weighted by Gasteiger charge is 2.52. The highest BCUT2D eigenvalue weighted by atomic mass is 16.7. The van der Waals surface area contributed by atoms with E-state index in [1.165, 1.54) is 7.11 Å². The highest BCUT2D eigenvalue weighted by molar-refractivity contribution is 5.71. The molecule has 29 heavy (non-hydrogen) atoms. The van der Waals surface area contributed by atoms with Gasteiger partial charge in [0, 0.05) is 32.8 Å². The molecule has 0 unspecified atom stereocenters. The maximum Gasteiger partial charge on any atom is 0.306 e. The SMILES string of the molecule is CCC(=O)OC[C@H]1O[C@@H](OC)[C@H](OC(=O)CC)[C@@H](OC(=O)CC)[C@@H]1OC(=O)CC. The first-order chi connectivity index (χ1) is 13.8. The quantitative estimate of drug-likeness (QED) is 0.378. The third kappa shape index (κ3) is 7.28. The maximum absolute atomic E-state index is 12.0. The lowest BCUT2D eigenvalue weighted by atomic mass is 9.98. The highest BCUT2D eigenvalue weighted by Crippen LogP contribution is 2.30. The summed E-state index contributed by atoms with van der Waals surface area (Å²) >= 11 is 0. The van der Waals surface area contributed by atoms with E-state index in [4.69, 9.17) is 28.4 Å². The summed E-state index contributed by atoms with van der Waals surface area (Å²) < 4.78 is 32.4. The third-order valence-corrected chi connectivity index (χ3v) is 4.19. The second-order valence-corrected chi connectivity index (χ2v) is 6.24. The first kappa shape index (κ1) is 24.8. The molecule has 1 heterocycles. The van der Waals surface area contributed by atoms with Crippen molar-refractivity contribution in [3.8, 4) is 0 Å². The molecule has 0 aliphatic carbocycles. The molecule has 0 bridgehead atoms. The van der Waals surface area contributed by atoms with E-state index in [0.717, 1.165) is 0 Å². The van der Waals surface area contributed by atoms with Crippen LogP contribution in [0.5, 0.6) is 0 Å². The molecular formula is C19H30O10. The number of hydrogen-bond acceptors (Lipinski definition) is 10. The molecule has 0 spiro atoms. The van der Waals surface area contributed by atoms with Gasteiger partial charge in [-0.2, -0.15) is 0 Å². The number of hydrogen-bond donors (Lipinski definition) is 0. The average Bonchev–Trinajstić information content (AvgIpc) is 2.73. The smallest absolute Gasteiger partial charge is 0.306 e. The Morgan fingerprint density at radius 1 is 0.690 bits per heavy atom. The second kappa shape index (κ2) is 12.4. The van der Waals surface area contributed by atoms with Crippen molar-refractivity contribution in [3.63, 3.8) is 0 Å². The molecule has 1 aliphatic heterocycles. The van der Waals surface area contributed by atoms with Crippen LogP contribution in [-0.2, 0) is 47.6 Å². The number of esters is 4. The van der Waals surface area contributed by atoms with Crippen molar-refractivity contribution in [1.29, 1.82) is 0 Å². The number of carbonyl (C=O) groups is 4. The van der Waals surface area contributed by atoms with Crippen molar-refractivity contribution in [3.05, 3.63) is 0 Å². The van der Waals surface area contributed by atoms with Gasteiger partial charge in [0.2, 0.25) is 0 Å². The Balaban J connectivity index is 3.25. The number of methoxy groups -OCH3 is 1. The van der Waals surface area contributed by atoms with E-state index in [1.54, 1.807) is 27.7 Å². The minimum Gasteiger partial charge on any atom is -0.463 e. The first-order valence-corrected chi connectivity index (χ1v) is 9.73. The van der Waals surface area contributed by atoms with E-state index in [2.05, 4.69) is 0 Å². The van der Waals surface area contributed by atoms with Gasteiger partial charge in [-0.3, -0.25) is 19.2 Å². The Kier molecular flexibility index (Phi) is 10.6. The lowest BCUT2D eigenvalue weighted by Crippen LogP contribution is -2.63. The minimum atomic E-state index is -1.20. The normalized spacial score (nSPS) is 26.3. The fraction of sp³-hybridized carbons (Fsp3) is 0.789. The Bertz CT molecular complexity index is 575. The van der Waals surface area contributed by atoms with Crippen molar-refractivity contribution >= 4 is 23.9 Å². The van der Waals surface area contributed by atoms with Crippen molar-refractivity contribution in [2.75, 3.05) is 13.7 Å². The molecule has 1 aliphatic rings. The van der Waals surface area contributed by atoms with E-state index >= 15 is 0 Å². The Hall–Kier alpha value is -2.20. The van der Waals surface area contributed by atoms with Crippen LogP contribution in [0.1, 0.15) is 53.4 Å². The largest absolute Gasteiger partial charge is 0.463 e. The van der Waals surface area contributed by atoms with Crippen LogP contribution in [0.4, 0.5) is 0 Å². The third-order valence-electron chi connectivity index (χ3n) is 4.19. The van der Waals surface area contributed by atoms with Crippen molar-refractivity contribution in [2.45, 2.75) is 84.1 Å². The van der Waals surface area contributed by atoms with Gasteiger partial charge in [-0.1, -0.05) is 27.7 Å². The van der Waals surface area contributed by atoms with E-state index in [1.807, 2.05) is 0 Å². The van der Waals surface area contributed by atoms with Crippen LogP contribution in [-0.4, -0.2) is 68.3 Å². The number of ether oxygens (including phenoxy) is 6. The van der Waals surface area contributed by atoms with Gasteiger partial charge in [0.05, 0.1) is 0 Å². The van der Waals surface area contributed by atoms with Crippen LogP contribution >= 0.6 is 0 Å². The lowest BCUT2D eigenvalue weighted by molar-refractivity contribution is -0.303. The lowest BCUT2D eigenvalue weighted by Gasteiger charge is -2.43. The van der Waals surface area contributed by atoms with E-state index < -0.39 is 54.6 Å². The molecule has 0 aromatic heterocycles. The molecule has 0 saturated carbocycles. The Morgan fingerprint density at radius 3 is 1.59 bits per heavy atom. The maximum atomic E-state index is 12.0. The van der Waals surface area contributed by atoms with Gasteiger partial charge in [0.1, 0.15) is 12.7 Å². The molecule has 10 heteroatoms. The molecule has 5 atom stereocenters. The fourth-order valence-corrected chi connectivity index (χ4v) is 2.59. The Morgan fingerprint density at radius 2 is 1.14 bits per heavy atom. The van der Waals surface area contributed by atoms with Crippen LogP contribution in [0.2, 0.25) is 0 Å². The summed E-state index contributed by atoms with van der Waals surface area (Å²) in [4.78, 5) is 47.5. The van der Waals surface area contributed by atoms with Crippen molar-refractivity contribution in [1.82, 2.24) is 0 Å². The minimum absolute atomic E-state index is 0.0490. The molecule has 0 aromatic carbocycles. The molecule has 1 saturated heterocycles. The number of rotatable bonds is 10. The van der Waals surface area contributed by atoms with Gasteiger partial charge in [-0.25, -0.2) is 0 Å². The molecule has 0 radical (unpaired) electrons. The van der Waals surface area contributed by atoms with Crippen LogP contribution < -0.4 is 0 Å². The zero-order valence-corrected chi connectivity index (χ0v) is 17.5. The van der Waals surface area contributed by atoms with Gasteiger partial charge < -0.3 is 28.4 Å². The molecular weight excluding hydrogens is 388 g/mol. The molecule has 0 aromatic rings. The zero-order chi connectivity index (χ0) is 22.0. The predicted octanol–water partition coefficient (Wildman–Crippen LogP) is 1.28. The van der Waals surface area contributed by atoms with E-state index in [-0.39, 0.29) is 32.3 Å². The molecule has 0 N–H and O–H groups in total.